The molecule has 12 rings (SSSR count). The summed E-state index contributed by atoms with van der Waals surface area (Å²) >= 11 is 7.49. The van der Waals surface area contributed by atoms with Crippen molar-refractivity contribution >= 4 is 123 Å². The molecule has 0 amide bonds. The topological polar surface area (TPSA) is 225 Å². The van der Waals surface area contributed by atoms with E-state index < -0.39 is 34.7 Å². The fourth-order valence-electron chi connectivity index (χ4n) is 9.87. The number of nitrogens with zero attached hydrogens (tertiary/aromatic N) is 6. The van der Waals surface area contributed by atoms with E-state index >= 15 is 19.2 Å². The first-order valence-corrected chi connectivity index (χ1v) is 29.7. The van der Waals surface area contributed by atoms with Gasteiger partial charge in [-0.3, -0.25) is 19.2 Å². The number of benzene rings is 4. The van der Waals surface area contributed by atoms with E-state index in [2.05, 4.69) is 9.98 Å². The van der Waals surface area contributed by atoms with Gasteiger partial charge in [-0.25, -0.2) is 9.98 Å². The molecule has 0 unspecified atom stereocenters. The lowest BCUT2D eigenvalue weighted by molar-refractivity contribution is -0.166. The molecule has 10 aromatic rings. The quantitative estimate of drug-likeness (QED) is 0.0381. The number of carbonyl (C=O) groups is 4. The third kappa shape index (κ3) is 9.20. The number of nitriles is 4. The molecule has 0 aliphatic heterocycles. The third-order valence-corrected chi connectivity index (χ3v) is 21.1. The molecule has 0 bridgehead atoms. The first-order chi connectivity index (χ1) is 40.1. The minimum Gasteiger partial charge on any atom is -0.459 e. The maximum Gasteiger partial charge on any atom is 0.333 e. The Bertz CT molecular complexity index is 4020. The van der Waals surface area contributed by atoms with Crippen LogP contribution >= 0.6 is 68.0 Å². The minimum absolute atomic E-state index is 0.204. The van der Waals surface area contributed by atoms with E-state index in [1.165, 1.54) is 68.0 Å². The van der Waals surface area contributed by atoms with Gasteiger partial charge in [0.2, 0.25) is 22.3 Å². The lowest BCUT2D eigenvalue weighted by Gasteiger charge is -2.27. The Labute approximate surface area is 491 Å². The average molecular weight is 1180 g/mol. The fraction of sp³-hybridized carbons (Fsp3) is 0.0968. The van der Waals surface area contributed by atoms with Crippen molar-refractivity contribution in [3.8, 4) is 63.3 Å². The molecule has 396 valence electrons. The van der Waals surface area contributed by atoms with Crippen LogP contribution in [0.1, 0.15) is 44.5 Å². The van der Waals surface area contributed by atoms with Crippen molar-refractivity contribution in [2.75, 3.05) is 0 Å². The highest BCUT2D eigenvalue weighted by atomic mass is 32.1. The second-order valence-corrected chi connectivity index (χ2v) is 24.6. The van der Waals surface area contributed by atoms with Crippen LogP contribution in [0, 0.1) is 45.3 Å². The highest BCUT2D eigenvalue weighted by Gasteiger charge is 2.65. The normalized spacial score (nSPS) is 12.7. The van der Waals surface area contributed by atoms with E-state index in [9.17, 15) is 21.0 Å². The maximum absolute atomic E-state index is 15.8. The number of ether oxygens (including phenoxy) is 4. The summed E-state index contributed by atoms with van der Waals surface area (Å²) < 4.78 is 26.1. The standard InChI is InChI=1S/C62H34N6O8S6/c63-27-39(28-64)67-47-23-21-43(77-47)45-25-41-51(79-45)53-49(61(41,57(69)73-31-35-13-5-1-6-14-35)58(70)74-32-36-15-7-2-8-16-36)55-56(81-53)50-54(82-55)52-42(26-46(80-52)44-22-24-48(78-44)68-40(29-65)30-66)62(50,59(71)75-33-37-17-9-3-10-18-37)60(72)76-34-38-19-11-4-12-20-38/h1-26H,31-34H2. The first-order valence-electron chi connectivity index (χ1n) is 24.8. The molecule has 2 aliphatic carbocycles. The van der Waals surface area contributed by atoms with Gasteiger partial charge >= 0.3 is 23.9 Å². The lowest BCUT2D eigenvalue weighted by Crippen LogP contribution is -2.46. The van der Waals surface area contributed by atoms with Crippen molar-refractivity contribution in [1.82, 2.24) is 0 Å². The van der Waals surface area contributed by atoms with E-state index in [0.717, 1.165) is 0 Å². The summed E-state index contributed by atoms with van der Waals surface area (Å²) in [5, 5.41) is 38.8. The van der Waals surface area contributed by atoms with Gasteiger partial charge < -0.3 is 18.9 Å². The third-order valence-electron chi connectivity index (χ3n) is 13.6. The summed E-state index contributed by atoms with van der Waals surface area (Å²) in [5.74, 6) is -3.67. The Balaban J connectivity index is 1.11. The zero-order valence-corrected chi connectivity index (χ0v) is 47.1. The molecule has 0 spiro atoms. The Morgan fingerprint density at radius 3 is 0.976 bits per heavy atom. The van der Waals surface area contributed by atoms with Gasteiger partial charge in [0.15, 0.2) is 0 Å². The smallest absolute Gasteiger partial charge is 0.333 e. The van der Waals surface area contributed by atoms with Crippen LogP contribution in [0.3, 0.4) is 0 Å². The van der Waals surface area contributed by atoms with Crippen LogP contribution < -0.4 is 0 Å². The van der Waals surface area contributed by atoms with Crippen molar-refractivity contribution in [2.24, 2.45) is 9.98 Å². The molecule has 0 fully saturated rings. The summed E-state index contributed by atoms with van der Waals surface area (Å²) in [6.45, 7) is -0.815. The molecule has 0 N–H and O–H groups in total. The van der Waals surface area contributed by atoms with Gasteiger partial charge in [-0.2, -0.15) is 21.0 Å². The SMILES string of the molecule is N#CC(C#N)=Nc1ccc(-c2cc3c(s2)-c2sc4c5c(sc4c2C3(C(=O)OCc2ccccc2)C(=O)OCc2ccccc2)-c2sc(-c3ccc(N=C(C#N)C#N)s3)cc2C5(C(=O)OCc2ccccc2)C(=O)OCc2ccccc2)s1. The molecule has 6 aromatic heterocycles. The highest BCUT2D eigenvalue weighted by Crippen LogP contribution is 2.68. The largest absolute Gasteiger partial charge is 0.459 e. The lowest BCUT2D eigenvalue weighted by atomic mass is 9.77. The molecule has 6 heterocycles. The Hall–Kier alpha value is -9.48. The van der Waals surface area contributed by atoms with Gasteiger partial charge in [-0.1, -0.05) is 121 Å². The Morgan fingerprint density at radius 1 is 0.378 bits per heavy atom. The molecule has 0 saturated carbocycles. The van der Waals surface area contributed by atoms with Gasteiger partial charge in [0, 0.05) is 41.8 Å². The van der Waals surface area contributed by atoms with Crippen LogP contribution in [0.15, 0.2) is 168 Å². The fourth-order valence-corrected chi connectivity index (χ4v) is 17.6. The summed E-state index contributed by atoms with van der Waals surface area (Å²) in [6.07, 6.45) is 0. The number of rotatable bonds is 16. The second kappa shape index (κ2) is 22.2. The predicted octanol–water partition coefficient (Wildman–Crippen LogP) is 14.3. The Morgan fingerprint density at radius 2 is 0.683 bits per heavy atom. The van der Waals surface area contributed by atoms with Crippen LogP contribution in [0.5, 0.6) is 0 Å². The minimum atomic E-state index is -2.29. The molecular formula is C62H34N6O8S6. The summed E-state index contributed by atoms with van der Waals surface area (Å²) in [6, 6.07) is 53.9. The number of hydrogen-bond acceptors (Lipinski definition) is 20. The molecule has 2 aliphatic rings. The Kier molecular flexibility index (Phi) is 14.4. The van der Waals surface area contributed by atoms with Crippen molar-refractivity contribution in [3.63, 3.8) is 0 Å². The number of thiophene rings is 6. The zero-order chi connectivity index (χ0) is 56.5. The molecule has 82 heavy (non-hydrogen) atoms. The van der Waals surface area contributed by atoms with Crippen molar-refractivity contribution in [1.29, 1.82) is 21.0 Å². The van der Waals surface area contributed by atoms with Crippen LogP contribution in [-0.4, -0.2) is 35.3 Å². The number of fused-ring (bicyclic) bond motifs is 9. The second-order valence-electron chi connectivity index (χ2n) is 18.4. The van der Waals surface area contributed by atoms with Crippen molar-refractivity contribution in [3.05, 3.63) is 202 Å². The predicted molar refractivity (Wildman–Crippen MR) is 316 cm³/mol. The molecule has 0 saturated heterocycles. The van der Waals surface area contributed by atoms with Crippen LogP contribution in [-0.2, 0) is 75.4 Å². The molecule has 4 aromatic carbocycles. The van der Waals surface area contributed by atoms with E-state index in [-0.39, 0.29) is 49.0 Å². The average Bonchev–Trinajstić information content (AvgIpc) is 2.21. The summed E-state index contributed by atoms with van der Waals surface area (Å²) in [7, 11) is 0. The summed E-state index contributed by atoms with van der Waals surface area (Å²) in [5.41, 5.74) is -1.45. The van der Waals surface area contributed by atoms with E-state index in [0.29, 0.717) is 91.8 Å². The van der Waals surface area contributed by atoms with E-state index in [1.54, 1.807) is 109 Å². The molecule has 0 radical (unpaired) electrons. The van der Waals surface area contributed by atoms with Gasteiger partial charge in [-0.05, 0) is 58.7 Å². The van der Waals surface area contributed by atoms with Crippen LogP contribution in [0.4, 0.5) is 10.0 Å². The first kappa shape index (κ1) is 53.2. The van der Waals surface area contributed by atoms with E-state index in [1.807, 2.05) is 72.8 Å². The van der Waals surface area contributed by atoms with Crippen molar-refractivity contribution in [2.45, 2.75) is 37.3 Å². The molecule has 20 heteroatoms. The van der Waals surface area contributed by atoms with Gasteiger partial charge in [0.25, 0.3) is 0 Å². The molecule has 0 atom stereocenters. The van der Waals surface area contributed by atoms with Crippen LogP contribution in [0.25, 0.3) is 48.4 Å². The van der Waals surface area contributed by atoms with Gasteiger partial charge in [-0.15, -0.1) is 68.0 Å². The van der Waals surface area contributed by atoms with Crippen LogP contribution in [0.2, 0.25) is 0 Å². The zero-order valence-electron chi connectivity index (χ0n) is 42.2. The van der Waals surface area contributed by atoms with Gasteiger partial charge in [0.05, 0.1) is 28.9 Å². The number of hydrogen-bond donors (Lipinski definition) is 0. The monoisotopic (exact) mass is 1180 g/mol. The number of carbonyl (C=O) groups excluding carboxylic acids is 4. The number of aliphatic imine (C=N–C) groups is 2. The maximum atomic E-state index is 15.8. The summed E-state index contributed by atoms with van der Waals surface area (Å²) in [4.78, 5) is 76.5. The van der Waals surface area contributed by atoms with Crippen molar-refractivity contribution < 1.29 is 38.1 Å². The van der Waals surface area contributed by atoms with E-state index in [4.69, 9.17) is 18.9 Å². The molecule has 14 nitrogen and oxygen atoms in total. The molecular weight excluding hydrogens is 1150 g/mol. The highest BCUT2D eigenvalue weighted by molar-refractivity contribution is 7.35. The van der Waals surface area contributed by atoms with Gasteiger partial charge in [0.1, 0.15) is 60.7 Å². The number of esters is 4.